The average Bonchev–Trinajstić information content (AvgIpc) is 2.65. The first kappa shape index (κ1) is 20.8. The van der Waals surface area contributed by atoms with Crippen LogP contribution in [0.2, 0.25) is 5.02 Å². The number of likely N-dealkylation sites (N-methyl/N-ethyl adjacent to an activating group) is 1. The molecule has 5 nitrogen and oxygen atoms in total. The molecule has 0 N–H and O–H groups in total. The van der Waals surface area contributed by atoms with E-state index in [0.29, 0.717) is 42.5 Å². The maximum absolute atomic E-state index is 12.1. The number of hydrogen-bond donors (Lipinski definition) is 0. The molecule has 0 radical (unpaired) electrons. The van der Waals surface area contributed by atoms with E-state index in [4.69, 9.17) is 21.1 Å². The number of nitrogens with zero attached hydrogens (tertiary/aromatic N) is 1. The van der Waals surface area contributed by atoms with Gasteiger partial charge in [-0.2, -0.15) is 0 Å². The number of benzene rings is 2. The Balaban J connectivity index is 1.70. The number of ketones is 1. The van der Waals surface area contributed by atoms with Gasteiger partial charge in [0.25, 0.3) is 5.91 Å². The molecule has 2 aromatic carbocycles. The lowest BCUT2D eigenvalue weighted by atomic mass is 10.1. The lowest BCUT2D eigenvalue weighted by molar-refractivity contribution is -0.132. The van der Waals surface area contributed by atoms with Crippen molar-refractivity contribution in [3.8, 4) is 11.5 Å². The van der Waals surface area contributed by atoms with Crippen molar-refractivity contribution in [2.75, 3.05) is 26.8 Å². The van der Waals surface area contributed by atoms with Gasteiger partial charge >= 0.3 is 0 Å². The van der Waals surface area contributed by atoms with Crippen molar-refractivity contribution < 1.29 is 19.1 Å². The van der Waals surface area contributed by atoms with Gasteiger partial charge in [0.05, 0.1) is 6.54 Å². The number of amides is 1. The zero-order chi connectivity index (χ0) is 19.6. The molecule has 6 heteroatoms. The maximum Gasteiger partial charge on any atom is 0.260 e. The average molecular weight is 390 g/mol. The minimum atomic E-state index is -0.134. The predicted molar refractivity (Wildman–Crippen MR) is 106 cm³/mol. The van der Waals surface area contributed by atoms with E-state index in [9.17, 15) is 9.59 Å². The predicted octanol–water partition coefficient (Wildman–Crippen LogP) is 3.78. The lowest BCUT2D eigenvalue weighted by Crippen LogP contribution is -2.34. The monoisotopic (exact) mass is 389 g/mol. The van der Waals surface area contributed by atoms with Gasteiger partial charge in [-0.25, -0.2) is 0 Å². The zero-order valence-corrected chi connectivity index (χ0v) is 16.4. The molecular formula is C21H24ClNO4. The van der Waals surface area contributed by atoms with Crippen molar-refractivity contribution >= 4 is 23.3 Å². The van der Waals surface area contributed by atoms with Gasteiger partial charge in [-0.3, -0.25) is 4.79 Å². The van der Waals surface area contributed by atoms with E-state index in [2.05, 4.69) is 0 Å². The maximum atomic E-state index is 12.1. The third kappa shape index (κ3) is 7.71. The van der Waals surface area contributed by atoms with E-state index in [1.165, 1.54) is 0 Å². The third-order valence-electron chi connectivity index (χ3n) is 3.97. The van der Waals surface area contributed by atoms with Crippen LogP contribution in [0.15, 0.2) is 48.5 Å². The smallest absolute Gasteiger partial charge is 0.260 e. The number of halogens is 1. The molecule has 0 heterocycles. The summed E-state index contributed by atoms with van der Waals surface area (Å²) in [5.41, 5.74) is 1.07. The van der Waals surface area contributed by atoms with Gasteiger partial charge in [0, 0.05) is 18.5 Å². The molecule has 2 rings (SSSR count). The van der Waals surface area contributed by atoms with Crippen LogP contribution in [0.25, 0.3) is 0 Å². The molecule has 2 aromatic rings. The van der Waals surface area contributed by atoms with E-state index >= 15 is 0 Å². The van der Waals surface area contributed by atoms with E-state index in [1.807, 2.05) is 36.4 Å². The van der Waals surface area contributed by atoms with Crippen LogP contribution in [-0.4, -0.2) is 43.4 Å². The highest BCUT2D eigenvalue weighted by Crippen LogP contribution is 2.17. The molecule has 0 atom stereocenters. The molecule has 27 heavy (non-hydrogen) atoms. The fourth-order valence-corrected chi connectivity index (χ4v) is 2.49. The molecule has 0 saturated heterocycles. The second-order valence-corrected chi connectivity index (χ2v) is 6.69. The molecule has 0 saturated carbocycles. The summed E-state index contributed by atoms with van der Waals surface area (Å²) in [7, 11) is 1.71. The molecule has 0 aromatic heterocycles. The molecule has 0 aliphatic heterocycles. The first-order valence-corrected chi connectivity index (χ1v) is 9.15. The Morgan fingerprint density at radius 1 is 1.04 bits per heavy atom. The number of carbonyl (C=O) groups is 2. The van der Waals surface area contributed by atoms with Gasteiger partial charge < -0.3 is 19.2 Å². The van der Waals surface area contributed by atoms with Crippen LogP contribution in [0, 0.1) is 0 Å². The SMILES string of the molecule is CC(=O)CCc1ccc(OCC(=O)N(C)CCOc2cccc(Cl)c2)cc1. The van der Waals surface area contributed by atoms with Gasteiger partial charge in [0.1, 0.15) is 23.9 Å². The van der Waals surface area contributed by atoms with Crippen LogP contribution in [0.4, 0.5) is 0 Å². The zero-order valence-electron chi connectivity index (χ0n) is 15.6. The van der Waals surface area contributed by atoms with Gasteiger partial charge in [0.2, 0.25) is 0 Å². The second kappa shape index (κ2) is 10.6. The van der Waals surface area contributed by atoms with Crippen molar-refractivity contribution in [3.05, 3.63) is 59.1 Å². The Morgan fingerprint density at radius 3 is 2.44 bits per heavy atom. The van der Waals surface area contributed by atoms with Crippen LogP contribution in [-0.2, 0) is 16.0 Å². The van der Waals surface area contributed by atoms with Gasteiger partial charge in [0.15, 0.2) is 6.61 Å². The topological polar surface area (TPSA) is 55.8 Å². The van der Waals surface area contributed by atoms with E-state index in [1.54, 1.807) is 31.0 Å². The Kier molecular flexibility index (Phi) is 8.14. The first-order valence-electron chi connectivity index (χ1n) is 8.77. The van der Waals surface area contributed by atoms with E-state index in [-0.39, 0.29) is 18.3 Å². The molecule has 0 fully saturated rings. The normalized spacial score (nSPS) is 10.3. The van der Waals surface area contributed by atoms with Crippen LogP contribution in [0.1, 0.15) is 18.9 Å². The number of ether oxygens (including phenoxy) is 2. The molecule has 0 unspecified atom stereocenters. The minimum Gasteiger partial charge on any atom is -0.492 e. The fraction of sp³-hybridized carbons (Fsp3) is 0.333. The lowest BCUT2D eigenvalue weighted by Gasteiger charge is -2.18. The largest absolute Gasteiger partial charge is 0.492 e. The van der Waals surface area contributed by atoms with Crippen LogP contribution in [0.5, 0.6) is 11.5 Å². The van der Waals surface area contributed by atoms with Gasteiger partial charge in [-0.1, -0.05) is 29.8 Å². The molecule has 144 valence electrons. The van der Waals surface area contributed by atoms with Gasteiger partial charge in [-0.15, -0.1) is 0 Å². The summed E-state index contributed by atoms with van der Waals surface area (Å²) in [6.07, 6.45) is 1.24. The summed E-state index contributed by atoms with van der Waals surface area (Å²) < 4.78 is 11.1. The van der Waals surface area contributed by atoms with Crippen molar-refractivity contribution in [3.63, 3.8) is 0 Å². The first-order chi connectivity index (χ1) is 12.9. The summed E-state index contributed by atoms with van der Waals surface area (Å²) in [6, 6.07) is 14.6. The summed E-state index contributed by atoms with van der Waals surface area (Å²) in [6.45, 7) is 2.35. The highest BCUT2D eigenvalue weighted by Gasteiger charge is 2.10. The fourth-order valence-electron chi connectivity index (χ4n) is 2.31. The summed E-state index contributed by atoms with van der Waals surface area (Å²) in [4.78, 5) is 24.7. The van der Waals surface area contributed by atoms with Crippen molar-refractivity contribution in [1.82, 2.24) is 4.90 Å². The van der Waals surface area contributed by atoms with Crippen LogP contribution in [0.3, 0.4) is 0 Å². The Morgan fingerprint density at radius 2 is 1.78 bits per heavy atom. The summed E-state index contributed by atoms with van der Waals surface area (Å²) in [5.74, 6) is 1.33. The second-order valence-electron chi connectivity index (χ2n) is 6.26. The van der Waals surface area contributed by atoms with Gasteiger partial charge in [-0.05, 0) is 49.2 Å². The number of hydrogen-bond acceptors (Lipinski definition) is 4. The van der Waals surface area contributed by atoms with Crippen molar-refractivity contribution in [1.29, 1.82) is 0 Å². The number of carbonyl (C=O) groups excluding carboxylic acids is 2. The molecule has 0 bridgehead atoms. The molecule has 0 aliphatic carbocycles. The molecule has 1 amide bonds. The Bertz CT molecular complexity index is 761. The summed E-state index contributed by atoms with van der Waals surface area (Å²) in [5, 5.41) is 0.609. The summed E-state index contributed by atoms with van der Waals surface area (Å²) >= 11 is 5.90. The molecule has 0 aliphatic rings. The number of aryl methyl sites for hydroxylation is 1. The highest BCUT2D eigenvalue weighted by molar-refractivity contribution is 6.30. The van der Waals surface area contributed by atoms with Crippen LogP contribution < -0.4 is 9.47 Å². The van der Waals surface area contributed by atoms with E-state index < -0.39 is 0 Å². The molecule has 0 spiro atoms. The Labute approximate surface area is 164 Å². The number of rotatable bonds is 10. The molecular weight excluding hydrogens is 366 g/mol. The standard InChI is InChI=1S/C21H24ClNO4/c1-16(24)6-7-17-8-10-19(11-9-17)27-15-21(25)23(2)12-13-26-20-5-3-4-18(22)14-20/h3-5,8-11,14H,6-7,12-13,15H2,1-2H3. The minimum absolute atomic E-state index is 0.0412. The Hall–Kier alpha value is -2.53. The quantitative estimate of drug-likeness (QED) is 0.620. The van der Waals surface area contributed by atoms with Crippen molar-refractivity contribution in [2.45, 2.75) is 19.8 Å². The van der Waals surface area contributed by atoms with Crippen molar-refractivity contribution in [2.24, 2.45) is 0 Å². The third-order valence-corrected chi connectivity index (χ3v) is 4.20. The van der Waals surface area contributed by atoms with Crippen LogP contribution >= 0.6 is 11.6 Å². The highest BCUT2D eigenvalue weighted by atomic mass is 35.5. The van der Waals surface area contributed by atoms with E-state index in [0.717, 1.165) is 5.56 Å². The number of Topliss-reactive ketones (excluding diaryl/α,β-unsaturated/α-hetero) is 1.